The fraction of sp³-hybridized carbons (Fsp3) is 0.261. The smallest absolute Gasteiger partial charge is 0.289 e. The van der Waals surface area contributed by atoms with E-state index in [1.807, 2.05) is 48.2 Å². The first-order valence-corrected chi connectivity index (χ1v) is 10.5. The number of rotatable bonds is 4. The van der Waals surface area contributed by atoms with Crippen molar-refractivity contribution < 1.29 is 13.7 Å². The molecule has 8 heteroatoms. The maximum Gasteiger partial charge on any atom is 0.289 e. The highest BCUT2D eigenvalue weighted by molar-refractivity contribution is 6.30. The van der Waals surface area contributed by atoms with Gasteiger partial charge in [-0.25, -0.2) is 0 Å². The topological polar surface area (TPSA) is 75.6 Å². The minimum atomic E-state index is -0.0729. The van der Waals surface area contributed by atoms with Gasteiger partial charge in [-0.05, 0) is 49.4 Å². The minimum absolute atomic E-state index is 0.0729. The highest BCUT2D eigenvalue weighted by Crippen LogP contribution is 2.23. The van der Waals surface area contributed by atoms with Crippen LogP contribution in [-0.2, 0) is 6.54 Å². The molecule has 0 unspecified atom stereocenters. The number of hydrogen-bond acceptors (Lipinski definition) is 6. The number of amides is 1. The molecule has 4 aromatic rings. The number of furan rings is 1. The van der Waals surface area contributed by atoms with Gasteiger partial charge in [-0.15, -0.1) is 0 Å². The van der Waals surface area contributed by atoms with Crippen LogP contribution in [-0.4, -0.2) is 52.0 Å². The van der Waals surface area contributed by atoms with E-state index in [0.29, 0.717) is 42.1 Å². The fourth-order valence-corrected chi connectivity index (χ4v) is 3.89. The lowest BCUT2D eigenvalue weighted by atomic mass is 10.2. The Labute approximate surface area is 184 Å². The molecule has 31 heavy (non-hydrogen) atoms. The summed E-state index contributed by atoms with van der Waals surface area (Å²) in [5, 5.41) is 5.68. The summed E-state index contributed by atoms with van der Waals surface area (Å²) in [5.74, 6) is 1.41. The van der Waals surface area contributed by atoms with E-state index in [4.69, 9.17) is 20.5 Å². The van der Waals surface area contributed by atoms with Gasteiger partial charge in [0.15, 0.2) is 5.76 Å². The number of aryl methyl sites for hydroxylation is 1. The Kier molecular flexibility index (Phi) is 5.21. The quantitative estimate of drug-likeness (QED) is 0.472. The van der Waals surface area contributed by atoms with Crippen molar-refractivity contribution in [3.05, 3.63) is 70.8 Å². The molecule has 1 fully saturated rings. The Bertz CT molecular complexity index is 1220. The summed E-state index contributed by atoms with van der Waals surface area (Å²) in [6.07, 6.45) is 0. The molecule has 0 aliphatic carbocycles. The zero-order chi connectivity index (χ0) is 21.4. The number of hydrogen-bond donors (Lipinski definition) is 0. The van der Waals surface area contributed by atoms with Gasteiger partial charge in [0, 0.05) is 42.2 Å². The molecule has 0 N–H and O–H groups in total. The van der Waals surface area contributed by atoms with Gasteiger partial charge in [-0.2, -0.15) is 4.98 Å². The summed E-state index contributed by atoms with van der Waals surface area (Å²) in [5.41, 5.74) is 2.73. The van der Waals surface area contributed by atoms with Gasteiger partial charge >= 0.3 is 0 Å². The molecule has 2 aromatic heterocycles. The van der Waals surface area contributed by atoms with E-state index in [1.165, 1.54) is 0 Å². The lowest BCUT2D eigenvalue weighted by Gasteiger charge is -2.33. The molecule has 0 radical (unpaired) electrons. The molecule has 0 atom stereocenters. The molecule has 1 amide bonds. The zero-order valence-electron chi connectivity index (χ0n) is 17.0. The van der Waals surface area contributed by atoms with E-state index >= 15 is 0 Å². The summed E-state index contributed by atoms with van der Waals surface area (Å²) < 4.78 is 11.2. The van der Waals surface area contributed by atoms with Crippen molar-refractivity contribution in [1.82, 2.24) is 19.9 Å². The number of fused-ring (bicyclic) bond motifs is 1. The maximum absolute atomic E-state index is 12.9. The first-order chi connectivity index (χ1) is 15.0. The van der Waals surface area contributed by atoms with Gasteiger partial charge in [-0.3, -0.25) is 9.69 Å². The minimum Gasteiger partial charge on any atom is -0.451 e. The zero-order valence-corrected chi connectivity index (χ0v) is 17.8. The van der Waals surface area contributed by atoms with Crippen LogP contribution in [0.3, 0.4) is 0 Å². The molecule has 1 saturated heterocycles. The highest BCUT2D eigenvalue weighted by Gasteiger charge is 2.25. The maximum atomic E-state index is 12.9. The van der Waals surface area contributed by atoms with Gasteiger partial charge in [0.1, 0.15) is 5.58 Å². The second-order valence-electron chi connectivity index (χ2n) is 7.74. The number of carbonyl (C=O) groups excluding carboxylic acids is 1. The predicted octanol–water partition coefficient (Wildman–Crippen LogP) is 4.40. The van der Waals surface area contributed by atoms with E-state index in [1.54, 1.807) is 12.1 Å². The van der Waals surface area contributed by atoms with E-state index in [-0.39, 0.29) is 5.91 Å². The van der Waals surface area contributed by atoms with Crippen molar-refractivity contribution in [1.29, 1.82) is 0 Å². The van der Waals surface area contributed by atoms with Crippen molar-refractivity contribution >= 4 is 28.5 Å². The van der Waals surface area contributed by atoms with Crippen LogP contribution in [0.4, 0.5) is 0 Å². The molecule has 2 aromatic carbocycles. The van der Waals surface area contributed by atoms with Crippen LogP contribution in [0.15, 0.2) is 57.5 Å². The molecule has 1 aliphatic heterocycles. The third-order valence-corrected chi connectivity index (χ3v) is 5.72. The number of aromatic nitrogens is 2. The SMILES string of the molecule is Cc1ccc2oc(C(=O)N3CCN(Cc4nc(-c5ccc(Cl)cc5)no4)CC3)cc2c1. The number of halogens is 1. The van der Waals surface area contributed by atoms with E-state index in [9.17, 15) is 4.79 Å². The number of carbonyl (C=O) groups is 1. The van der Waals surface area contributed by atoms with Gasteiger partial charge in [0.05, 0.1) is 6.54 Å². The molecule has 0 bridgehead atoms. The van der Waals surface area contributed by atoms with E-state index < -0.39 is 0 Å². The number of piperazine rings is 1. The average Bonchev–Trinajstić information content (AvgIpc) is 3.41. The summed E-state index contributed by atoms with van der Waals surface area (Å²) in [6, 6.07) is 15.1. The number of benzene rings is 2. The largest absolute Gasteiger partial charge is 0.451 e. The number of nitrogens with zero attached hydrogens (tertiary/aromatic N) is 4. The van der Waals surface area contributed by atoms with Crippen LogP contribution in [0.25, 0.3) is 22.4 Å². The van der Waals surface area contributed by atoms with Crippen molar-refractivity contribution in [2.24, 2.45) is 0 Å². The van der Waals surface area contributed by atoms with E-state index in [0.717, 1.165) is 35.2 Å². The Hall–Kier alpha value is -3.16. The van der Waals surface area contributed by atoms with Crippen molar-refractivity contribution in [2.75, 3.05) is 26.2 Å². The third kappa shape index (κ3) is 4.19. The molecule has 0 spiro atoms. The molecule has 7 nitrogen and oxygen atoms in total. The van der Waals surface area contributed by atoms with Crippen LogP contribution in [0.1, 0.15) is 22.0 Å². The summed E-state index contributed by atoms with van der Waals surface area (Å²) in [6.45, 7) is 5.26. The fourth-order valence-electron chi connectivity index (χ4n) is 3.76. The van der Waals surface area contributed by atoms with Crippen molar-refractivity contribution in [2.45, 2.75) is 13.5 Å². The summed E-state index contributed by atoms with van der Waals surface area (Å²) in [7, 11) is 0. The molecule has 0 saturated carbocycles. The van der Waals surface area contributed by atoms with E-state index in [2.05, 4.69) is 15.0 Å². The van der Waals surface area contributed by atoms with Crippen LogP contribution < -0.4 is 0 Å². The lowest BCUT2D eigenvalue weighted by Crippen LogP contribution is -2.48. The van der Waals surface area contributed by atoms with Gasteiger partial charge in [0.2, 0.25) is 11.7 Å². The molecule has 158 valence electrons. The van der Waals surface area contributed by atoms with Crippen molar-refractivity contribution in [3.63, 3.8) is 0 Å². The molecule has 5 rings (SSSR count). The standard InChI is InChI=1S/C23H21ClN4O3/c1-15-2-7-19-17(12-15)13-20(30-19)23(29)28-10-8-27(9-11-28)14-21-25-22(26-31-21)16-3-5-18(24)6-4-16/h2-7,12-13H,8-11,14H2,1H3. The normalized spacial score (nSPS) is 15.0. The third-order valence-electron chi connectivity index (χ3n) is 5.47. The van der Waals surface area contributed by atoms with Crippen molar-refractivity contribution in [3.8, 4) is 11.4 Å². The molecular weight excluding hydrogens is 416 g/mol. The van der Waals surface area contributed by atoms with Crippen LogP contribution in [0.2, 0.25) is 5.02 Å². The summed E-state index contributed by atoms with van der Waals surface area (Å²) >= 11 is 5.93. The van der Waals surface area contributed by atoms with Crippen LogP contribution in [0.5, 0.6) is 0 Å². The average molecular weight is 437 g/mol. The van der Waals surface area contributed by atoms with Crippen LogP contribution >= 0.6 is 11.6 Å². The summed E-state index contributed by atoms with van der Waals surface area (Å²) in [4.78, 5) is 21.4. The predicted molar refractivity (Wildman–Crippen MR) is 117 cm³/mol. The Morgan fingerprint density at radius 1 is 1.06 bits per heavy atom. The first-order valence-electron chi connectivity index (χ1n) is 10.2. The molecular formula is C23H21ClN4O3. The van der Waals surface area contributed by atoms with Gasteiger partial charge < -0.3 is 13.8 Å². The highest BCUT2D eigenvalue weighted by atomic mass is 35.5. The second-order valence-corrected chi connectivity index (χ2v) is 8.18. The van der Waals surface area contributed by atoms with Gasteiger partial charge in [0.25, 0.3) is 5.91 Å². The Morgan fingerprint density at radius 2 is 1.84 bits per heavy atom. The lowest BCUT2D eigenvalue weighted by molar-refractivity contribution is 0.0587. The van der Waals surface area contributed by atoms with Gasteiger partial charge in [-0.1, -0.05) is 28.4 Å². The molecule has 3 heterocycles. The second kappa shape index (κ2) is 8.17. The van der Waals surface area contributed by atoms with Crippen LogP contribution in [0, 0.1) is 6.92 Å². The Balaban J connectivity index is 1.19. The first kappa shape index (κ1) is 19.8. The Morgan fingerprint density at radius 3 is 2.61 bits per heavy atom. The monoisotopic (exact) mass is 436 g/mol. The molecule has 1 aliphatic rings.